The Kier molecular flexibility index (Phi) is 4.05. The molecule has 6 nitrogen and oxygen atoms in total. The Balaban J connectivity index is 2.63. The first-order valence-electron chi connectivity index (χ1n) is 4.68. The fourth-order valence-electron chi connectivity index (χ4n) is 1.45. The van der Waals surface area contributed by atoms with E-state index in [1.807, 2.05) is 0 Å². The van der Waals surface area contributed by atoms with Crippen LogP contribution in [-0.2, 0) is 23.8 Å². The predicted octanol–water partition coefficient (Wildman–Crippen LogP) is -0.793. The Morgan fingerprint density at radius 1 is 1.20 bits per heavy atom. The lowest BCUT2D eigenvalue weighted by atomic mass is 10.0. The smallest absolute Gasteiger partial charge is 0.303 e. The second kappa shape index (κ2) is 5.09. The molecule has 1 aliphatic heterocycles. The molecule has 0 aliphatic carbocycles. The summed E-state index contributed by atoms with van der Waals surface area (Å²) in [5, 5.41) is 0. The van der Waals surface area contributed by atoms with Crippen LogP contribution in [0.15, 0.2) is 0 Å². The Hall–Kier alpha value is -1.14. The van der Waals surface area contributed by atoms with Crippen molar-refractivity contribution >= 4 is 11.9 Å². The summed E-state index contributed by atoms with van der Waals surface area (Å²) in [6.45, 7) is 3.05. The van der Waals surface area contributed by atoms with Crippen LogP contribution in [0.3, 0.4) is 0 Å². The zero-order valence-electron chi connectivity index (χ0n) is 8.76. The second-order valence-corrected chi connectivity index (χ2v) is 3.42. The monoisotopic (exact) mass is 217 g/mol. The van der Waals surface area contributed by atoms with Crippen LogP contribution in [0.1, 0.15) is 13.8 Å². The summed E-state index contributed by atoms with van der Waals surface area (Å²) in [6.07, 6.45) is -1.24. The van der Waals surface area contributed by atoms with E-state index >= 15 is 0 Å². The average Bonchev–Trinajstić information content (AvgIpc) is 2.09. The molecule has 0 spiro atoms. The molecule has 3 unspecified atom stereocenters. The van der Waals surface area contributed by atoms with E-state index in [1.165, 1.54) is 13.8 Å². The van der Waals surface area contributed by atoms with Crippen molar-refractivity contribution in [1.29, 1.82) is 0 Å². The molecule has 15 heavy (non-hydrogen) atoms. The SMILES string of the molecule is CC(=O)OC1COCC(N)C1OC(C)=O. The number of hydrogen-bond acceptors (Lipinski definition) is 6. The van der Waals surface area contributed by atoms with Gasteiger partial charge < -0.3 is 19.9 Å². The summed E-state index contributed by atoms with van der Waals surface area (Å²) in [5.41, 5.74) is 5.70. The fourth-order valence-corrected chi connectivity index (χ4v) is 1.45. The quantitative estimate of drug-likeness (QED) is 0.610. The number of esters is 2. The number of hydrogen-bond donors (Lipinski definition) is 1. The van der Waals surface area contributed by atoms with Crippen molar-refractivity contribution in [3.05, 3.63) is 0 Å². The highest BCUT2D eigenvalue weighted by molar-refractivity contribution is 5.67. The lowest BCUT2D eigenvalue weighted by molar-refractivity contribution is -0.182. The van der Waals surface area contributed by atoms with Crippen molar-refractivity contribution in [2.24, 2.45) is 5.73 Å². The molecule has 1 saturated heterocycles. The van der Waals surface area contributed by atoms with Gasteiger partial charge in [0.05, 0.1) is 19.3 Å². The Morgan fingerprint density at radius 2 is 1.80 bits per heavy atom. The van der Waals surface area contributed by atoms with Crippen molar-refractivity contribution in [2.45, 2.75) is 32.1 Å². The van der Waals surface area contributed by atoms with Crippen LogP contribution in [0.4, 0.5) is 0 Å². The first-order valence-corrected chi connectivity index (χ1v) is 4.68. The minimum Gasteiger partial charge on any atom is -0.457 e. The molecule has 2 N–H and O–H groups in total. The van der Waals surface area contributed by atoms with Gasteiger partial charge in [-0.05, 0) is 0 Å². The summed E-state index contributed by atoms with van der Waals surface area (Å²) in [4.78, 5) is 21.6. The Morgan fingerprint density at radius 3 is 2.33 bits per heavy atom. The third-order valence-corrected chi connectivity index (χ3v) is 2.00. The molecule has 1 fully saturated rings. The van der Waals surface area contributed by atoms with Crippen LogP contribution < -0.4 is 5.73 Å². The van der Waals surface area contributed by atoms with E-state index in [1.54, 1.807) is 0 Å². The van der Waals surface area contributed by atoms with Gasteiger partial charge >= 0.3 is 11.9 Å². The van der Waals surface area contributed by atoms with Gasteiger partial charge in [0.25, 0.3) is 0 Å². The van der Waals surface area contributed by atoms with Crippen LogP contribution in [0.25, 0.3) is 0 Å². The molecule has 0 aromatic heterocycles. The third-order valence-electron chi connectivity index (χ3n) is 2.00. The Labute approximate surface area is 87.7 Å². The highest BCUT2D eigenvalue weighted by Crippen LogP contribution is 2.14. The maximum absolute atomic E-state index is 10.8. The van der Waals surface area contributed by atoms with Gasteiger partial charge in [-0.25, -0.2) is 0 Å². The molecule has 0 bridgehead atoms. The van der Waals surface area contributed by atoms with Crippen molar-refractivity contribution < 1.29 is 23.8 Å². The molecule has 0 amide bonds. The standard InChI is InChI=1S/C9H15NO5/c1-5(11)14-8-4-13-3-7(10)9(8)15-6(2)12/h7-9H,3-4,10H2,1-2H3. The molecule has 1 rings (SSSR count). The van der Waals surface area contributed by atoms with Gasteiger partial charge in [-0.2, -0.15) is 0 Å². The molecule has 1 heterocycles. The van der Waals surface area contributed by atoms with Gasteiger partial charge in [0.1, 0.15) is 0 Å². The van der Waals surface area contributed by atoms with Gasteiger partial charge in [-0.1, -0.05) is 0 Å². The number of ether oxygens (including phenoxy) is 3. The average molecular weight is 217 g/mol. The van der Waals surface area contributed by atoms with Gasteiger partial charge in [0, 0.05) is 13.8 Å². The van der Waals surface area contributed by atoms with Gasteiger partial charge in [-0.15, -0.1) is 0 Å². The molecular weight excluding hydrogens is 202 g/mol. The summed E-state index contributed by atoms with van der Waals surface area (Å²) in [6, 6.07) is -0.466. The number of carbonyl (C=O) groups excluding carboxylic acids is 2. The number of rotatable bonds is 2. The van der Waals surface area contributed by atoms with E-state index in [9.17, 15) is 9.59 Å². The maximum Gasteiger partial charge on any atom is 0.303 e. The van der Waals surface area contributed by atoms with E-state index in [0.717, 1.165) is 0 Å². The molecule has 6 heteroatoms. The minimum atomic E-state index is -0.625. The van der Waals surface area contributed by atoms with E-state index in [-0.39, 0.29) is 13.2 Å². The number of carbonyl (C=O) groups is 2. The molecule has 1 aliphatic rings. The zero-order chi connectivity index (χ0) is 11.4. The highest BCUT2D eigenvalue weighted by Gasteiger charge is 2.36. The van der Waals surface area contributed by atoms with E-state index < -0.39 is 30.2 Å². The number of nitrogens with two attached hydrogens (primary N) is 1. The normalized spacial score (nSPS) is 30.7. The topological polar surface area (TPSA) is 87.8 Å². The van der Waals surface area contributed by atoms with Crippen molar-refractivity contribution in [3.8, 4) is 0 Å². The lowest BCUT2D eigenvalue weighted by Crippen LogP contribution is -2.55. The molecule has 3 atom stereocenters. The van der Waals surface area contributed by atoms with Gasteiger partial charge in [0.2, 0.25) is 0 Å². The maximum atomic E-state index is 10.8. The van der Waals surface area contributed by atoms with Gasteiger partial charge in [0.15, 0.2) is 12.2 Å². The van der Waals surface area contributed by atoms with Crippen LogP contribution in [0, 0.1) is 0 Å². The largest absolute Gasteiger partial charge is 0.457 e. The highest BCUT2D eigenvalue weighted by atomic mass is 16.6. The molecule has 0 radical (unpaired) electrons. The van der Waals surface area contributed by atoms with Crippen LogP contribution in [0.2, 0.25) is 0 Å². The first kappa shape index (κ1) is 11.9. The summed E-state index contributed by atoms with van der Waals surface area (Å²) in [7, 11) is 0. The summed E-state index contributed by atoms with van der Waals surface area (Å²) in [5.74, 6) is -0.899. The van der Waals surface area contributed by atoms with Crippen LogP contribution >= 0.6 is 0 Å². The molecule has 0 saturated carbocycles. The zero-order valence-corrected chi connectivity index (χ0v) is 8.76. The third kappa shape index (κ3) is 3.49. The van der Waals surface area contributed by atoms with Crippen LogP contribution in [-0.4, -0.2) is 43.4 Å². The fraction of sp³-hybridized carbons (Fsp3) is 0.778. The second-order valence-electron chi connectivity index (χ2n) is 3.42. The molecular formula is C9H15NO5. The predicted molar refractivity (Wildman–Crippen MR) is 49.9 cm³/mol. The Bertz CT molecular complexity index is 255. The van der Waals surface area contributed by atoms with E-state index in [4.69, 9.17) is 19.9 Å². The van der Waals surface area contributed by atoms with E-state index in [2.05, 4.69) is 0 Å². The van der Waals surface area contributed by atoms with Crippen molar-refractivity contribution in [1.82, 2.24) is 0 Å². The van der Waals surface area contributed by atoms with Gasteiger partial charge in [-0.3, -0.25) is 9.59 Å². The van der Waals surface area contributed by atoms with Crippen molar-refractivity contribution in [3.63, 3.8) is 0 Å². The lowest BCUT2D eigenvalue weighted by Gasteiger charge is -2.34. The molecule has 0 aromatic carbocycles. The molecule has 0 aromatic rings. The summed E-state index contributed by atoms with van der Waals surface area (Å²) >= 11 is 0. The van der Waals surface area contributed by atoms with Crippen molar-refractivity contribution in [2.75, 3.05) is 13.2 Å². The first-order chi connectivity index (χ1) is 7.00. The summed E-state index contributed by atoms with van der Waals surface area (Å²) < 4.78 is 15.1. The van der Waals surface area contributed by atoms with E-state index in [0.29, 0.717) is 0 Å². The molecule has 86 valence electrons. The van der Waals surface area contributed by atoms with Crippen LogP contribution in [0.5, 0.6) is 0 Å². The minimum absolute atomic E-state index is 0.200.